The van der Waals surface area contributed by atoms with E-state index in [0.717, 1.165) is 18.6 Å². The summed E-state index contributed by atoms with van der Waals surface area (Å²) >= 11 is 12.1. The zero-order valence-corrected chi connectivity index (χ0v) is 15.8. The molecule has 4 nitrogen and oxygen atoms in total. The average molecular weight is 382 g/mol. The standard InChI is InChI=1S/C19H21Cl2NO3/c1-13-5-7-15(8-6-13)25-10-4-3-9-22-18-16(19(23)24-2)11-14(20)12-17(18)21/h5-8,11-12,22H,3-4,9-10H2,1-2H3. The first-order valence-electron chi connectivity index (χ1n) is 8.02. The Balaban J connectivity index is 1.81. The predicted octanol–water partition coefficient (Wildman–Crippen LogP) is 5.36. The van der Waals surface area contributed by atoms with Crippen molar-refractivity contribution in [1.29, 1.82) is 0 Å². The lowest BCUT2D eigenvalue weighted by Crippen LogP contribution is -2.11. The minimum absolute atomic E-state index is 0.330. The summed E-state index contributed by atoms with van der Waals surface area (Å²) in [4.78, 5) is 11.9. The van der Waals surface area contributed by atoms with Crippen molar-refractivity contribution in [2.75, 3.05) is 25.6 Å². The number of carbonyl (C=O) groups excluding carboxylic acids is 1. The minimum Gasteiger partial charge on any atom is -0.494 e. The highest BCUT2D eigenvalue weighted by Gasteiger charge is 2.16. The smallest absolute Gasteiger partial charge is 0.340 e. The van der Waals surface area contributed by atoms with Crippen LogP contribution in [0.2, 0.25) is 10.0 Å². The van der Waals surface area contributed by atoms with E-state index in [0.29, 0.717) is 34.4 Å². The SMILES string of the molecule is COC(=O)c1cc(Cl)cc(Cl)c1NCCCCOc1ccc(C)cc1. The van der Waals surface area contributed by atoms with Crippen LogP contribution in [0.4, 0.5) is 5.69 Å². The summed E-state index contributed by atoms with van der Waals surface area (Å²) in [6.45, 7) is 3.32. The van der Waals surface area contributed by atoms with Crippen LogP contribution in [-0.4, -0.2) is 26.2 Å². The van der Waals surface area contributed by atoms with Crippen LogP contribution >= 0.6 is 23.2 Å². The molecule has 0 radical (unpaired) electrons. The number of hydrogen-bond acceptors (Lipinski definition) is 4. The predicted molar refractivity (Wildman–Crippen MR) is 102 cm³/mol. The van der Waals surface area contributed by atoms with Gasteiger partial charge in [-0.3, -0.25) is 0 Å². The van der Waals surface area contributed by atoms with Crippen molar-refractivity contribution in [3.05, 3.63) is 57.6 Å². The largest absolute Gasteiger partial charge is 0.494 e. The number of methoxy groups -OCH3 is 1. The molecule has 0 fully saturated rings. The van der Waals surface area contributed by atoms with Gasteiger partial charge in [-0.05, 0) is 44.0 Å². The van der Waals surface area contributed by atoms with E-state index in [1.54, 1.807) is 12.1 Å². The molecular weight excluding hydrogens is 361 g/mol. The maximum atomic E-state index is 11.9. The molecule has 134 valence electrons. The summed E-state index contributed by atoms with van der Waals surface area (Å²) in [7, 11) is 1.32. The Hall–Kier alpha value is -1.91. The van der Waals surface area contributed by atoms with Crippen LogP contribution in [0.25, 0.3) is 0 Å². The summed E-state index contributed by atoms with van der Waals surface area (Å²) in [5, 5.41) is 3.97. The highest BCUT2D eigenvalue weighted by Crippen LogP contribution is 2.30. The molecule has 0 amide bonds. The van der Waals surface area contributed by atoms with E-state index in [1.165, 1.54) is 12.7 Å². The molecule has 0 spiro atoms. The Labute approximate surface area is 158 Å². The van der Waals surface area contributed by atoms with Crippen molar-refractivity contribution < 1.29 is 14.3 Å². The van der Waals surface area contributed by atoms with Crippen molar-refractivity contribution in [3.63, 3.8) is 0 Å². The molecular formula is C19H21Cl2NO3. The van der Waals surface area contributed by atoms with Gasteiger partial charge in [0.25, 0.3) is 0 Å². The van der Waals surface area contributed by atoms with Gasteiger partial charge in [-0.1, -0.05) is 40.9 Å². The summed E-state index contributed by atoms with van der Waals surface area (Å²) in [5.74, 6) is 0.391. The monoisotopic (exact) mass is 381 g/mol. The van der Waals surface area contributed by atoms with E-state index < -0.39 is 5.97 Å². The molecule has 0 saturated carbocycles. The number of benzene rings is 2. The van der Waals surface area contributed by atoms with Crippen LogP contribution < -0.4 is 10.1 Å². The molecule has 0 heterocycles. The number of esters is 1. The van der Waals surface area contributed by atoms with Crippen molar-refractivity contribution in [2.24, 2.45) is 0 Å². The van der Waals surface area contributed by atoms with Gasteiger partial charge in [0.2, 0.25) is 0 Å². The Bertz CT molecular complexity index is 717. The third-order valence-corrected chi connectivity index (χ3v) is 4.14. The van der Waals surface area contributed by atoms with E-state index >= 15 is 0 Å². The number of carbonyl (C=O) groups is 1. The lowest BCUT2D eigenvalue weighted by atomic mass is 10.1. The third-order valence-electron chi connectivity index (χ3n) is 3.62. The first-order chi connectivity index (χ1) is 12.0. The maximum absolute atomic E-state index is 11.9. The molecule has 0 aliphatic rings. The highest BCUT2D eigenvalue weighted by molar-refractivity contribution is 6.37. The molecule has 2 aromatic carbocycles. The molecule has 0 atom stereocenters. The van der Waals surface area contributed by atoms with E-state index in [2.05, 4.69) is 5.32 Å². The quantitative estimate of drug-likeness (QED) is 0.493. The molecule has 1 N–H and O–H groups in total. The molecule has 0 aliphatic heterocycles. The molecule has 6 heteroatoms. The van der Waals surface area contributed by atoms with Crippen LogP contribution in [0.1, 0.15) is 28.8 Å². The van der Waals surface area contributed by atoms with Gasteiger partial charge < -0.3 is 14.8 Å². The van der Waals surface area contributed by atoms with Crippen LogP contribution in [0, 0.1) is 6.92 Å². The lowest BCUT2D eigenvalue weighted by molar-refractivity contribution is 0.0602. The molecule has 25 heavy (non-hydrogen) atoms. The highest BCUT2D eigenvalue weighted by atomic mass is 35.5. The van der Waals surface area contributed by atoms with Crippen molar-refractivity contribution in [3.8, 4) is 5.75 Å². The number of ether oxygens (including phenoxy) is 2. The second kappa shape index (κ2) is 9.54. The Kier molecular flexibility index (Phi) is 7.41. The van der Waals surface area contributed by atoms with Gasteiger partial charge in [0, 0.05) is 11.6 Å². The number of aryl methyl sites for hydroxylation is 1. The van der Waals surface area contributed by atoms with E-state index in [1.807, 2.05) is 31.2 Å². The van der Waals surface area contributed by atoms with Crippen molar-refractivity contribution in [2.45, 2.75) is 19.8 Å². The Morgan fingerprint density at radius 2 is 1.84 bits per heavy atom. The second-order valence-electron chi connectivity index (χ2n) is 5.60. The number of nitrogens with one attached hydrogen (secondary N) is 1. The number of rotatable bonds is 8. The molecule has 0 unspecified atom stereocenters. The first-order valence-corrected chi connectivity index (χ1v) is 8.77. The van der Waals surface area contributed by atoms with E-state index in [4.69, 9.17) is 32.7 Å². The topological polar surface area (TPSA) is 47.6 Å². The minimum atomic E-state index is -0.477. The fourth-order valence-electron chi connectivity index (χ4n) is 2.29. The number of hydrogen-bond donors (Lipinski definition) is 1. The summed E-state index contributed by atoms with van der Waals surface area (Å²) < 4.78 is 10.5. The fourth-order valence-corrected chi connectivity index (χ4v) is 2.85. The van der Waals surface area contributed by atoms with Gasteiger partial charge in [-0.2, -0.15) is 0 Å². The molecule has 0 saturated heterocycles. The molecule has 2 aromatic rings. The molecule has 0 aliphatic carbocycles. The molecule has 0 aromatic heterocycles. The van der Waals surface area contributed by atoms with Gasteiger partial charge in [-0.25, -0.2) is 4.79 Å². The zero-order valence-electron chi connectivity index (χ0n) is 14.3. The normalized spacial score (nSPS) is 10.4. The van der Waals surface area contributed by atoms with Crippen molar-refractivity contribution in [1.82, 2.24) is 0 Å². The second-order valence-corrected chi connectivity index (χ2v) is 6.44. The van der Waals surface area contributed by atoms with Gasteiger partial charge in [0.1, 0.15) is 5.75 Å². The molecule has 2 rings (SSSR count). The van der Waals surface area contributed by atoms with Crippen molar-refractivity contribution >= 4 is 34.9 Å². The summed E-state index contributed by atoms with van der Waals surface area (Å²) in [6, 6.07) is 11.1. The van der Waals surface area contributed by atoms with Crippen LogP contribution in [-0.2, 0) is 4.74 Å². The average Bonchev–Trinajstić information content (AvgIpc) is 2.59. The van der Waals surface area contributed by atoms with Crippen LogP contribution in [0.15, 0.2) is 36.4 Å². The maximum Gasteiger partial charge on any atom is 0.340 e. The number of anilines is 1. The summed E-state index contributed by atoms with van der Waals surface area (Å²) in [5.41, 5.74) is 2.08. The Morgan fingerprint density at radius 3 is 2.52 bits per heavy atom. The summed E-state index contributed by atoms with van der Waals surface area (Å²) in [6.07, 6.45) is 1.74. The van der Waals surface area contributed by atoms with Crippen LogP contribution in [0.3, 0.4) is 0 Å². The number of unbranched alkanes of at least 4 members (excludes halogenated alkanes) is 1. The van der Waals surface area contributed by atoms with Crippen LogP contribution in [0.5, 0.6) is 5.75 Å². The lowest BCUT2D eigenvalue weighted by Gasteiger charge is -2.13. The first kappa shape index (κ1) is 19.4. The third kappa shape index (κ3) is 5.83. The van der Waals surface area contributed by atoms with Gasteiger partial charge >= 0.3 is 5.97 Å². The van der Waals surface area contributed by atoms with E-state index in [-0.39, 0.29) is 0 Å². The Morgan fingerprint density at radius 1 is 1.12 bits per heavy atom. The van der Waals surface area contributed by atoms with Gasteiger partial charge in [0.15, 0.2) is 0 Å². The molecule has 0 bridgehead atoms. The van der Waals surface area contributed by atoms with Gasteiger partial charge in [0.05, 0.1) is 30.0 Å². The number of halogens is 2. The fraction of sp³-hybridized carbons (Fsp3) is 0.316. The van der Waals surface area contributed by atoms with E-state index in [9.17, 15) is 4.79 Å². The zero-order chi connectivity index (χ0) is 18.2. The van der Waals surface area contributed by atoms with Gasteiger partial charge in [-0.15, -0.1) is 0 Å².